The van der Waals surface area contributed by atoms with E-state index in [9.17, 15) is 9.90 Å². The van der Waals surface area contributed by atoms with E-state index in [1.54, 1.807) is 38.1 Å². The number of carbonyl (C=O) groups is 1. The molecule has 21 heavy (non-hydrogen) atoms. The lowest BCUT2D eigenvalue weighted by molar-refractivity contribution is 0.0940. The molecule has 2 rings (SSSR count). The topological polar surface area (TPSA) is 75.4 Å². The highest BCUT2D eigenvalue weighted by Gasteiger charge is 2.17. The standard InChI is InChI=1S/C15H17ClN2O3/c1-9-14(10(2)21-18-9)15(20)17-7-6-13(19)11-4-3-5-12(16)8-11/h3-5,8,13,19H,6-7H2,1-2H3,(H,17,20)/t13-/m0/s1. The Balaban J connectivity index is 1.88. The van der Waals surface area contributed by atoms with Gasteiger partial charge in [-0.2, -0.15) is 0 Å². The van der Waals surface area contributed by atoms with Crippen LogP contribution in [0.5, 0.6) is 0 Å². The van der Waals surface area contributed by atoms with Crippen molar-refractivity contribution >= 4 is 17.5 Å². The van der Waals surface area contributed by atoms with E-state index < -0.39 is 6.10 Å². The quantitative estimate of drug-likeness (QED) is 0.890. The minimum atomic E-state index is -0.673. The van der Waals surface area contributed by atoms with Crippen molar-refractivity contribution in [2.24, 2.45) is 0 Å². The number of aryl methyl sites for hydroxylation is 2. The molecule has 0 saturated heterocycles. The lowest BCUT2D eigenvalue weighted by atomic mass is 10.1. The first-order chi connectivity index (χ1) is 9.99. The number of benzene rings is 1. The highest BCUT2D eigenvalue weighted by molar-refractivity contribution is 6.30. The number of carbonyl (C=O) groups excluding carboxylic acids is 1. The molecule has 0 aliphatic rings. The van der Waals surface area contributed by atoms with Crippen molar-refractivity contribution in [1.29, 1.82) is 0 Å². The number of halogens is 1. The van der Waals surface area contributed by atoms with Crippen molar-refractivity contribution in [3.8, 4) is 0 Å². The van der Waals surface area contributed by atoms with Gasteiger partial charge >= 0.3 is 0 Å². The zero-order valence-corrected chi connectivity index (χ0v) is 12.6. The minimum Gasteiger partial charge on any atom is -0.388 e. The van der Waals surface area contributed by atoms with Gasteiger partial charge in [-0.15, -0.1) is 0 Å². The average molecular weight is 309 g/mol. The predicted molar refractivity (Wildman–Crippen MR) is 79.3 cm³/mol. The zero-order valence-electron chi connectivity index (χ0n) is 11.9. The fourth-order valence-electron chi connectivity index (χ4n) is 2.10. The molecule has 0 fully saturated rings. The van der Waals surface area contributed by atoms with Gasteiger partial charge in [-0.25, -0.2) is 0 Å². The van der Waals surface area contributed by atoms with Crippen LogP contribution < -0.4 is 5.32 Å². The molecule has 0 spiro atoms. The fourth-order valence-corrected chi connectivity index (χ4v) is 2.30. The summed E-state index contributed by atoms with van der Waals surface area (Å²) in [5.74, 6) is 0.241. The Morgan fingerprint density at radius 3 is 2.86 bits per heavy atom. The molecule has 1 amide bonds. The van der Waals surface area contributed by atoms with Gasteiger partial charge in [0.2, 0.25) is 0 Å². The molecule has 1 aromatic carbocycles. The van der Waals surface area contributed by atoms with E-state index in [1.165, 1.54) is 0 Å². The third-order valence-electron chi connectivity index (χ3n) is 3.20. The van der Waals surface area contributed by atoms with Crippen molar-refractivity contribution in [2.45, 2.75) is 26.4 Å². The van der Waals surface area contributed by atoms with E-state index in [2.05, 4.69) is 10.5 Å². The zero-order chi connectivity index (χ0) is 15.4. The van der Waals surface area contributed by atoms with Crippen LogP contribution in [0.2, 0.25) is 5.02 Å². The van der Waals surface area contributed by atoms with Crippen molar-refractivity contribution in [3.63, 3.8) is 0 Å². The number of aliphatic hydroxyl groups is 1. The van der Waals surface area contributed by atoms with Crippen LogP contribution >= 0.6 is 11.6 Å². The van der Waals surface area contributed by atoms with Crippen LogP contribution in [0.1, 0.15) is 39.9 Å². The van der Waals surface area contributed by atoms with Gasteiger partial charge in [0.15, 0.2) is 0 Å². The molecule has 2 N–H and O–H groups in total. The number of hydrogen-bond donors (Lipinski definition) is 2. The lowest BCUT2D eigenvalue weighted by Crippen LogP contribution is -2.26. The van der Waals surface area contributed by atoms with Crippen molar-refractivity contribution in [2.75, 3.05) is 6.54 Å². The molecule has 1 aromatic heterocycles. The van der Waals surface area contributed by atoms with E-state index in [-0.39, 0.29) is 5.91 Å². The van der Waals surface area contributed by atoms with Crippen molar-refractivity contribution < 1.29 is 14.4 Å². The second-order valence-electron chi connectivity index (χ2n) is 4.81. The SMILES string of the molecule is Cc1noc(C)c1C(=O)NCC[C@H](O)c1cccc(Cl)c1. The summed E-state index contributed by atoms with van der Waals surface area (Å²) in [6.45, 7) is 3.75. The first kappa shape index (κ1) is 15.5. The summed E-state index contributed by atoms with van der Waals surface area (Å²) in [7, 11) is 0. The molecule has 0 saturated carbocycles. The van der Waals surface area contributed by atoms with Crippen LogP contribution in [-0.2, 0) is 0 Å². The first-order valence-corrected chi connectivity index (χ1v) is 7.01. The van der Waals surface area contributed by atoms with Crippen LogP contribution in [0.25, 0.3) is 0 Å². The lowest BCUT2D eigenvalue weighted by Gasteiger charge is -2.12. The summed E-state index contributed by atoms with van der Waals surface area (Å²) < 4.78 is 4.95. The van der Waals surface area contributed by atoms with Gasteiger partial charge in [-0.05, 0) is 38.0 Å². The first-order valence-electron chi connectivity index (χ1n) is 6.63. The van der Waals surface area contributed by atoms with E-state index in [0.29, 0.717) is 35.0 Å². The largest absolute Gasteiger partial charge is 0.388 e. The molecule has 5 nitrogen and oxygen atoms in total. The molecule has 1 heterocycles. The maximum Gasteiger partial charge on any atom is 0.256 e. The molecule has 112 valence electrons. The number of rotatable bonds is 5. The Morgan fingerprint density at radius 1 is 1.48 bits per heavy atom. The van der Waals surface area contributed by atoms with Gasteiger partial charge in [0.1, 0.15) is 11.3 Å². The van der Waals surface area contributed by atoms with E-state index in [1.807, 2.05) is 0 Å². The summed E-state index contributed by atoms with van der Waals surface area (Å²) in [4.78, 5) is 12.0. The second-order valence-corrected chi connectivity index (χ2v) is 5.25. The number of aliphatic hydroxyl groups excluding tert-OH is 1. The smallest absolute Gasteiger partial charge is 0.256 e. The Kier molecular flexibility index (Phi) is 4.98. The number of hydrogen-bond acceptors (Lipinski definition) is 4. The van der Waals surface area contributed by atoms with Crippen molar-refractivity contribution in [1.82, 2.24) is 10.5 Å². The molecule has 2 aromatic rings. The van der Waals surface area contributed by atoms with Crippen LogP contribution in [-0.4, -0.2) is 22.7 Å². The highest BCUT2D eigenvalue weighted by atomic mass is 35.5. The maximum absolute atomic E-state index is 12.0. The molecule has 0 bridgehead atoms. The summed E-state index contributed by atoms with van der Waals surface area (Å²) >= 11 is 5.88. The van der Waals surface area contributed by atoms with E-state index in [4.69, 9.17) is 16.1 Å². The number of nitrogens with zero attached hydrogens (tertiary/aromatic N) is 1. The molecule has 0 radical (unpaired) electrons. The van der Waals surface area contributed by atoms with E-state index >= 15 is 0 Å². The fraction of sp³-hybridized carbons (Fsp3) is 0.333. The predicted octanol–water partition coefficient (Wildman–Crippen LogP) is 2.80. The van der Waals surface area contributed by atoms with Gasteiger partial charge in [-0.3, -0.25) is 4.79 Å². The second kappa shape index (κ2) is 6.74. The van der Waals surface area contributed by atoms with Gasteiger partial charge in [0.05, 0.1) is 11.8 Å². The van der Waals surface area contributed by atoms with Crippen molar-refractivity contribution in [3.05, 3.63) is 51.9 Å². The van der Waals surface area contributed by atoms with Crippen LogP contribution in [0.4, 0.5) is 0 Å². The van der Waals surface area contributed by atoms with Gasteiger partial charge in [-0.1, -0.05) is 28.9 Å². The molecule has 0 aliphatic carbocycles. The molecular weight excluding hydrogens is 292 g/mol. The maximum atomic E-state index is 12.0. The Labute approximate surface area is 127 Å². The van der Waals surface area contributed by atoms with Crippen LogP contribution in [0.3, 0.4) is 0 Å². The number of nitrogens with one attached hydrogen (secondary N) is 1. The van der Waals surface area contributed by atoms with Crippen LogP contribution in [0.15, 0.2) is 28.8 Å². The monoisotopic (exact) mass is 308 g/mol. The summed E-state index contributed by atoms with van der Waals surface area (Å²) in [5, 5.41) is 17.1. The average Bonchev–Trinajstić information content (AvgIpc) is 2.78. The Hall–Kier alpha value is -1.85. The van der Waals surface area contributed by atoms with Gasteiger partial charge < -0.3 is 14.9 Å². The third-order valence-corrected chi connectivity index (χ3v) is 3.43. The summed E-state index contributed by atoms with van der Waals surface area (Å²) in [6, 6.07) is 7.04. The van der Waals surface area contributed by atoms with E-state index in [0.717, 1.165) is 5.56 Å². The molecule has 1 atom stereocenters. The minimum absolute atomic E-state index is 0.246. The summed E-state index contributed by atoms with van der Waals surface area (Å²) in [5.41, 5.74) is 1.74. The summed E-state index contributed by atoms with van der Waals surface area (Å²) in [6.07, 6.45) is -0.274. The Bertz CT molecular complexity index is 620. The van der Waals surface area contributed by atoms with Gasteiger partial charge in [0, 0.05) is 11.6 Å². The van der Waals surface area contributed by atoms with Gasteiger partial charge in [0.25, 0.3) is 5.91 Å². The Morgan fingerprint density at radius 2 is 2.24 bits per heavy atom. The number of aromatic nitrogens is 1. The molecule has 0 unspecified atom stereocenters. The molecule has 0 aliphatic heterocycles. The molecular formula is C15H17ClN2O3. The van der Waals surface area contributed by atoms with Crippen LogP contribution in [0, 0.1) is 13.8 Å². The highest BCUT2D eigenvalue weighted by Crippen LogP contribution is 2.20. The molecule has 6 heteroatoms. The normalized spacial score (nSPS) is 12.2. The third kappa shape index (κ3) is 3.83. The number of amides is 1.